The summed E-state index contributed by atoms with van der Waals surface area (Å²) in [5, 5.41) is 8.51. The minimum Gasteiger partial charge on any atom is -0.353 e. The number of anilines is 1. The molecule has 0 unspecified atom stereocenters. The fourth-order valence-electron chi connectivity index (χ4n) is 3.50. The van der Waals surface area contributed by atoms with Crippen LogP contribution < -0.4 is 10.2 Å². The monoisotopic (exact) mass is 418 g/mol. The average molecular weight is 418 g/mol. The van der Waals surface area contributed by atoms with Crippen LogP contribution in [-0.4, -0.2) is 44.8 Å². The van der Waals surface area contributed by atoms with Gasteiger partial charge < -0.3 is 10.2 Å². The zero-order chi connectivity index (χ0) is 21.1. The van der Waals surface area contributed by atoms with Gasteiger partial charge in [0, 0.05) is 56.1 Å². The molecule has 0 bridgehead atoms. The van der Waals surface area contributed by atoms with Gasteiger partial charge in [0.05, 0.1) is 11.1 Å². The highest BCUT2D eigenvalue weighted by Crippen LogP contribution is 2.28. The summed E-state index contributed by atoms with van der Waals surface area (Å²) in [6.07, 6.45) is 0.771. The molecule has 3 aromatic rings. The van der Waals surface area contributed by atoms with Gasteiger partial charge in [-0.15, -0.1) is 0 Å². The lowest BCUT2D eigenvalue weighted by Gasteiger charge is -2.32. The van der Waals surface area contributed by atoms with E-state index in [1.807, 2.05) is 35.4 Å². The average Bonchev–Trinajstić information content (AvgIpc) is 3.15. The first-order valence-corrected chi connectivity index (χ1v) is 9.74. The van der Waals surface area contributed by atoms with Crippen LogP contribution in [0, 0.1) is 0 Å². The van der Waals surface area contributed by atoms with Crippen molar-refractivity contribution in [3.05, 3.63) is 48.4 Å². The summed E-state index contributed by atoms with van der Waals surface area (Å²) in [7, 11) is 0. The number of nitrogens with one attached hydrogen (secondary N) is 1. The van der Waals surface area contributed by atoms with Crippen molar-refractivity contribution in [3.8, 4) is 0 Å². The number of carbonyl (C=O) groups is 1. The SMILES string of the molecule is O=C(CCn1cc2ccccc2n1)NC1CCN(c2ncc(C(F)(F)F)cn2)CC1. The number of hydrogen-bond donors (Lipinski definition) is 1. The predicted molar refractivity (Wildman–Crippen MR) is 105 cm³/mol. The topological polar surface area (TPSA) is 75.9 Å². The zero-order valence-electron chi connectivity index (χ0n) is 16.1. The van der Waals surface area contributed by atoms with Crippen molar-refractivity contribution in [2.24, 2.45) is 0 Å². The van der Waals surface area contributed by atoms with Crippen molar-refractivity contribution in [2.75, 3.05) is 18.0 Å². The number of aromatic nitrogens is 4. The van der Waals surface area contributed by atoms with E-state index in [9.17, 15) is 18.0 Å². The predicted octanol–water partition coefficient (Wildman–Crippen LogP) is 3.02. The molecule has 0 spiro atoms. The number of nitrogens with zero attached hydrogens (tertiary/aromatic N) is 5. The fraction of sp³-hybridized carbons (Fsp3) is 0.400. The van der Waals surface area contributed by atoms with Crippen LogP contribution in [0.1, 0.15) is 24.8 Å². The van der Waals surface area contributed by atoms with Crippen LogP contribution in [0.5, 0.6) is 0 Å². The number of halogens is 3. The Kier molecular flexibility index (Phi) is 5.56. The van der Waals surface area contributed by atoms with Gasteiger partial charge in [0.2, 0.25) is 11.9 Å². The molecular weight excluding hydrogens is 397 g/mol. The number of amides is 1. The molecule has 1 aliphatic heterocycles. The van der Waals surface area contributed by atoms with E-state index in [0.29, 0.717) is 38.9 Å². The van der Waals surface area contributed by atoms with E-state index in [4.69, 9.17) is 0 Å². The van der Waals surface area contributed by atoms with E-state index in [1.165, 1.54) is 0 Å². The maximum Gasteiger partial charge on any atom is 0.419 e. The first kappa shape index (κ1) is 20.1. The van der Waals surface area contributed by atoms with Gasteiger partial charge in [-0.2, -0.15) is 18.3 Å². The minimum absolute atomic E-state index is 0.0277. The second-order valence-corrected chi connectivity index (χ2v) is 7.30. The molecule has 30 heavy (non-hydrogen) atoms. The third-order valence-corrected chi connectivity index (χ3v) is 5.14. The molecule has 1 saturated heterocycles. The molecule has 0 radical (unpaired) electrons. The third-order valence-electron chi connectivity index (χ3n) is 5.14. The maximum atomic E-state index is 12.6. The minimum atomic E-state index is -4.45. The molecule has 0 saturated carbocycles. The molecule has 7 nitrogen and oxygen atoms in total. The second kappa shape index (κ2) is 8.29. The van der Waals surface area contributed by atoms with Crippen LogP contribution in [0.2, 0.25) is 0 Å². The zero-order valence-corrected chi connectivity index (χ0v) is 16.1. The number of benzene rings is 1. The lowest BCUT2D eigenvalue weighted by Crippen LogP contribution is -2.45. The molecule has 1 aliphatic rings. The van der Waals surface area contributed by atoms with Crippen molar-refractivity contribution < 1.29 is 18.0 Å². The summed E-state index contributed by atoms with van der Waals surface area (Å²) in [5.74, 6) is 0.234. The van der Waals surface area contributed by atoms with Crippen LogP contribution in [0.15, 0.2) is 42.9 Å². The molecule has 1 aromatic carbocycles. The Hall–Kier alpha value is -3.17. The van der Waals surface area contributed by atoms with Crippen molar-refractivity contribution in [3.63, 3.8) is 0 Å². The molecule has 1 N–H and O–H groups in total. The van der Waals surface area contributed by atoms with E-state index in [2.05, 4.69) is 20.4 Å². The fourth-order valence-corrected chi connectivity index (χ4v) is 3.50. The summed E-state index contributed by atoms with van der Waals surface area (Å²) in [5.41, 5.74) is 0.0363. The first-order chi connectivity index (χ1) is 14.4. The van der Waals surface area contributed by atoms with Gasteiger partial charge in [-0.25, -0.2) is 9.97 Å². The van der Waals surface area contributed by atoms with E-state index >= 15 is 0 Å². The molecule has 1 fully saturated rings. The summed E-state index contributed by atoms with van der Waals surface area (Å²) in [6.45, 7) is 1.64. The number of hydrogen-bond acceptors (Lipinski definition) is 5. The Morgan fingerprint density at radius 1 is 1.13 bits per heavy atom. The highest BCUT2D eigenvalue weighted by molar-refractivity contribution is 5.78. The Labute approximate surface area is 170 Å². The highest BCUT2D eigenvalue weighted by Gasteiger charge is 2.32. The van der Waals surface area contributed by atoms with Crippen LogP contribution >= 0.6 is 0 Å². The second-order valence-electron chi connectivity index (χ2n) is 7.30. The van der Waals surface area contributed by atoms with Gasteiger partial charge in [0.1, 0.15) is 0 Å². The summed E-state index contributed by atoms with van der Waals surface area (Å²) >= 11 is 0. The van der Waals surface area contributed by atoms with Crippen molar-refractivity contribution in [2.45, 2.75) is 38.0 Å². The van der Waals surface area contributed by atoms with Gasteiger partial charge in [-0.1, -0.05) is 18.2 Å². The molecule has 158 valence electrons. The normalized spacial score (nSPS) is 15.5. The largest absolute Gasteiger partial charge is 0.419 e. The molecule has 4 rings (SSSR count). The maximum absolute atomic E-state index is 12.6. The number of aryl methyl sites for hydroxylation is 1. The Morgan fingerprint density at radius 2 is 1.83 bits per heavy atom. The number of rotatable bonds is 5. The van der Waals surface area contributed by atoms with Crippen LogP contribution in [0.3, 0.4) is 0 Å². The molecule has 1 amide bonds. The third kappa shape index (κ3) is 4.69. The molecule has 0 atom stereocenters. The van der Waals surface area contributed by atoms with Gasteiger partial charge >= 0.3 is 6.18 Å². The molecular formula is C20H21F3N6O. The van der Waals surface area contributed by atoms with E-state index in [0.717, 1.165) is 23.3 Å². The van der Waals surface area contributed by atoms with Crippen LogP contribution in [0.4, 0.5) is 19.1 Å². The Balaban J connectivity index is 1.23. The Morgan fingerprint density at radius 3 is 2.50 bits per heavy atom. The lowest BCUT2D eigenvalue weighted by molar-refractivity contribution is -0.138. The van der Waals surface area contributed by atoms with Gasteiger partial charge in [0.15, 0.2) is 0 Å². The number of piperidine rings is 1. The summed E-state index contributed by atoms with van der Waals surface area (Å²) < 4.78 is 39.6. The highest BCUT2D eigenvalue weighted by atomic mass is 19.4. The van der Waals surface area contributed by atoms with E-state index in [-0.39, 0.29) is 17.9 Å². The summed E-state index contributed by atoms with van der Waals surface area (Å²) in [6, 6.07) is 7.81. The van der Waals surface area contributed by atoms with Gasteiger partial charge in [0.25, 0.3) is 0 Å². The molecule has 2 aromatic heterocycles. The number of fused-ring (bicyclic) bond motifs is 1. The van der Waals surface area contributed by atoms with Crippen molar-refractivity contribution in [1.82, 2.24) is 25.1 Å². The number of alkyl halides is 3. The smallest absolute Gasteiger partial charge is 0.353 e. The first-order valence-electron chi connectivity index (χ1n) is 9.74. The van der Waals surface area contributed by atoms with Crippen LogP contribution in [0.25, 0.3) is 10.9 Å². The standard InChI is InChI=1S/C20H21F3N6O/c21-20(22,23)15-11-24-19(25-12-15)28-8-5-16(6-9-28)26-18(30)7-10-29-13-14-3-1-2-4-17(14)27-29/h1-4,11-13,16H,5-10H2,(H,26,30). The molecule has 0 aliphatic carbocycles. The van der Waals surface area contributed by atoms with E-state index < -0.39 is 11.7 Å². The van der Waals surface area contributed by atoms with E-state index in [1.54, 1.807) is 4.68 Å². The van der Waals surface area contributed by atoms with Crippen molar-refractivity contribution >= 4 is 22.8 Å². The van der Waals surface area contributed by atoms with Gasteiger partial charge in [-0.3, -0.25) is 9.48 Å². The molecule has 3 heterocycles. The quantitative estimate of drug-likeness (QED) is 0.689. The number of carbonyl (C=O) groups excluding carboxylic acids is 1. The van der Waals surface area contributed by atoms with Gasteiger partial charge in [-0.05, 0) is 18.9 Å². The Bertz CT molecular complexity index is 976. The van der Waals surface area contributed by atoms with Crippen LogP contribution in [-0.2, 0) is 17.5 Å². The lowest BCUT2D eigenvalue weighted by atomic mass is 10.1. The molecule has 10 heteroatoms. The summed E-state index contributed by atoms with van der Waals surface area (Å²) in [4.78, 5) is 21.8. The van der Waals surface area contributed by atoms with Crippen molar-refractivity contribution in [1.29, 1.82) is 0 Å².